The molecule has 2 aromatic rings. The van der Waals surface area contributed by atoms with E-state index in [9.17, 15) is 4.79 Å². The Kier molecular flexibility index (Phi) is 4.98. The quantitative estimate of drug-likeness (QED) is 0.918. The number of hydrogen-bond donors (Lipinski definition) is 1. The third-order valence-electron chi connectivity index (χ3n) is 4.57. The zero-order chi connectivity index (χ0) is 16.2. The average Bonchev–Trinajstić information content (AvgIpc) is 2.88. The minimum absolute atomic E-state index is 0.0220. The van der Waals surface area contributed by atoms with Gasteiger partial charge in [0.15, 0.2) is 0 Å². The summed E-state index contributed by atoms with van der Waals surface area (Å²) in [7, 11) is 0. The highest BCUT2D eigenvalue weighted by Crippen LogP contribution is 2.25. The summed E-state index contributed by atoms with van der Waals surface area (Å²) >= 11 is 0. The van der Waals surface area contributed by atoms with Gasteiger partial charge in [-0.1, -0.05) is 18.2 Å². The molecule has 0 aliphatic carbocycles. The van der Waals surface area contributed by atoms with E-state index in [0.717, 1.165) is 61.6 Å². The summed E-state index contributed by atoms with van der Waals surface area (Å²) in [6.07, 6.45) is 0. The number of aromatic nitrogens is 1. The molecule has 1 amide bonds. The lowest BCUT2D eigenvalue weighted by molar-refractivity contribution is 0.0383. The number of hydrogen-bond acceptors (Lipinski definition) is 3. The van der Waals surface area contributed by atoms with Crippen LogP contribution in [0.4, 0.5) is 0 Å². The van der Waals surface area contributed by atoms with Crippen LogP contribution in [0.1, 0.15) is 23.0 Å². The number of ether oxygens (including phenoxy) is 1. The number of aryl methyl sites for hydroxylation is 2. The molecule has 5 nitrogen and oxygen atoms in total. The second-order valence-corrected chi connectivity index (χ2v) is 5.94. The summed E-state index contributed by atoms with van der Waals surface area (Å²) in [5.41, 5.74) is 2.98. The van der Waals surface area contributed by atoms with Crippen LogP contribution < -0.4 is 5.32 Å². The van der Waals surface area contributed by atoms with Gasteiger partial charge in [-0.3, -0.25) is 9.69 Å². The molecule has 1 saturated heterocycles. The van der Waals surface area contributed by atoms with Gasteiger partial charge in [-0.2, -0.15) is 0 Å². The molecule has 0 saturated carbocycles. The number of para-hydroxylation sites is 1. The van der Waals surface area contributed by atoms with E-state index < -0.39 is 0 Å². The molecule has 0 bridgehead atoms. The number of nitrogens with one attached hydrogen (secondary N) is 1. The Balaban J connectivity index is 1.71. The Morgan fingerprint density at radius 3 is 2.74 bits per heavy atom. The molecule has 1 N–H and O–H groups in total. The first-order valence-electron chi connectivity index (χ1n) is 8.38. The summed E-state index contributed by atoms with van der Waals surface area (Å²) < 4.78 is 7.45. The van der Waals surface area contributed by atoms with Crippen LogP contribution in [0.5, 0.6) is 0 Å². The third-order valence-corrected chi connectivity index (χ3v) is 4.57. The van der Waals surface area contributed by atoms with Gasteiger partial charge in [0.2, 0.25) is 0 Å². The average molecular weight is 315 g/mol. The number of fused-ring (bicyclic) bond motifs is 1. The lowest BCUT2D eigenvalue weighted by Crippen LogP contribution is -2.41. The Labute approximate surface area is 137 Å². The number of nitrogens with zero attached hydrogens (tertiary/aromatic N) is 2. The topological polar surface area (TPSA) is 46.5 Å². The van der Waals surface area contributed by atoms with Gasteiger partial charge in [0.1, 0.15) is 5.69 Å². The summed E-state index contributed by atoms with van der Waals surface area (Å²) in [5, 5.41) is 4.24. The van der Waals surface area contributed by atoms with E-state index in [1.807, 2.05) is 19.1 Å². The summed E-state index contributed by atoms with van der Waals surface area (Å²) in [4.78, 5) is 15.0. The van der Waals surface area contributed by atoms with Crippen molar-refractivity contribution in [1.82, 2.24) is 14.8 Å². The Morgan fingerprint density at radius 1 is 1.26 bits per heavy atom. The van der Waals surface area contributed by atoms with E-state index in [-0.39, 0.29) is 5.91 Å². The monoisotopic (exact) mass is 315 g/mol. The molecule has 0 radical (unpaired) electrons. The van der Waals surface area contributed by atoms with Crippen molar-refractivity contribution in [2.24, 2.45) is 0 Å². The first-order valence-corrected chi connectivity index (χ1v) is 8.38. The highest BCUT2D eigenvalue weighted by atomic mass is 16.5. The normalized spacial score (nSPS) is 15.9. The maximum absolute atomic E-state index is 12.7. The standard InChI is InChI=1S/C18H25N3O2/c1-3-21-16-7-5-4-6-15(16)14(2)17(21)18(22)19-8-9-20-10-12-23-13-11-20/h4-7H,3,8-13H2,1-2H3,(H,19,22). The minimum atomic E-state index is 0.0220. The summed E-state index contributed by atoms with van der Waals surface area (Å²) in [6.45, 7) is 9.93. The van der Waals surface area contributed by atoms with Crippen molar-refractivity contribution in [2.45, 2.75) is 20.4 Å². The molecular weight excluding hydrogens is 290 g/mol. The number of benzene rings is 1. The van der Waals surface area contributed by atoms with Crippen LogP contribution in [0.15, 0.2) is 24.3 Å². The van der Waals surface area contributed by atoms with Crippen LogP contribution >= 0.6 is 0 Å². The van der Waals surface area contributed by atoms with E-state index in [0.29, 0.717) is 6.54 Å². The van der Waals surface area contributed by atoms with Gasteiger partial charge in [0.25, 0.3) is 5.91 Å². The zero-order valence-corrected chi connectivity index (χ0v) is 14.0. The van der Waals surface area contributed by atoms with Gasteiger partial charge in [0, 0.05) is 43.6 Å². The second-order valence-electron chi connectivity index (χ2n) is 5.94. The van der Waals surface area contributed by atoms with Crippen molar-refractivity contribution in [1.29, 1.82) is 0 Å². The molecule has 3 rings (SSSR count). The molecule has 2 heterocycles. The molecule has 23 heavy (non-hydrogen) atoms. The van der Waals surface area contributed by atoms with Gasteiger partial charge in [-0.05, 0) is 25.5 Å². The van der Waals surface area contributed by atoms with E-state index in [1.165, 1.54) is 0 Å². The fourth-order valence-corrected chi connectivity index (χ4v) is 3.33. The van der Waals surface area contributed by atoms with E-state index >= 15 is 0 Å². The predicted octanol–water partition coefficient (Wildman–Crippen LogP) is 2.03. The van der Waals surface area contributed by atoms with Crippen molar-refractivity contribution >= 4 is 16.8 Å². The molecule has 1 aliphatic rings. The van der Waals surface area contributed by atoms with Crippen LogP contribution in [0.2, 0.25) is 0 Å². The van der Waals surface area contributed by atoms with Crippen LogP contribution in [0, 0.1) is 6.92 Å². The van der Waals surface area contributed by atoms with Crippen LogP contribution in [0.3, 0.4) is 0 Å². The fraction of sp³-hybridized carbons (Fsp3) is 0.500. The third kappa shape index (κ3) is 3.26. The highest BCUT2D eigenvalue weighted by molar-refractivity contribution is 6.01. The second kappa shape index (κ2) is 7.15. The van der Waals surface area contributed by atoms with Gasteiger partial charge in [-0.25, -0.2) is 0 Å². The van der Waals surface area contributed by atoms with Gasteiger partial charge in [-0.15, -0.1) is 0 Å². The van der Waals surface area contributed by atoms with Crippen molar-refractivity contribution in [3.05, 3.63) is 35.5 Å². The van der Waals surface area contributed by atoms with Crippen molar-refractivity contribution in [2.75, 3.05) is 39.4 Å². The van der Waals surface area contributed by atoms with Crippen molar-refractivity contribution in [3.8, 4) is 0 Å². The smallest absolute Gasteiger partial charge is 0.268 e. The molecule has 124 valence electrons. The van der Waals surface area contributed by atoms with Gasteiger partial charge in [0.05, 0.1) is 13.2 Å². The Hall–Kier alpha value is -1.85. The molecule has 5 heteroatoms. The van der Waals surface area contributed by atoms with Crippen LogP contribution in [0.25, 0.3) is 10.9 Å². The van der Waals surface area contributed by atoms with Crippen LogP contribution in [-0.2, 0) is 11.3 Å². The number of amides is 1. The lowest BCUT2D eigenvalue weighted by atomic mass is 10.1. The number of carbonyl (C=O) groups excluding carboxylic acids is 1. The SMILES string of the molecule is CCn1c(C(=O)NCCN2CCOCC2)c(C)c2ccccc21. The number of rotatable bonds is 5. The molecule has 0 unspecified atom stereocenters. The van der Waals surface area contributed by atoms with Crippen LogP contribution in [-0.4, -0.2) is 54.8 Å². The maximum atomic E-state index is 12.7. The first kappa shape index (κ1) is 16.0. The van der Waals surface area contributed by atoms with Gasteiger partial charge < -0.3 is 14.6 Å². The van der Waals surface area contributed by atoms with Crippen molar-refractivity contribution in [3.63, 3.8) is 0 Å². The molecule has 1 aromatic heterocycles. The predicted molar refractivity (Wildman–Crippen MR) is 91.9 cm³/mol. The Bertz CT molecular complexity index is 687. The largest absolute Gasteiger partial charge is 0.379 e. The van der Waals surface area contributed by atoms with Crippen molar-refractivity contribution < 1.29 is 9.53 Å². The van der Waals surface area contributed by atoms with E-state index in [1.54, 1.807) is 0 Å². The highest BCUT2D eigenvalue weighted by Gasteiger charge is 2.19. The number of morpholine rings is 1. The molecule has 1 fully saturated rings. The van der Waals surface area contributed by atoms with Gasteiger partial charge >= 0.3 is 0 Å². The molecule has 0 spiro atoms. The lowest BCUT2D eigenvalue weighted by Gasteiger charge is -2.26. The first-order chi connectivity index (χ1) is 11.2. The minimum Gasteiger partial charge on any atom is -0.379 e. The number of carbonyl (C=O) groups is 1. The Morgan fingerprint density at radius 2 is 2.00 bits per heavy atom. The molecule has 1 aromatic carbocycles. The fourth-order valence-electron chi connectivity index (χ4n) is 3.33. The summed E-state index contributed by atoms with van der Waals surface area (Å²) in [5.74, 6) is 0.0220. The molecule has 1 aliphatic heterocycles. The van der Waals surface area contributed by atoms with E-state index in [4.69, 9.17) is 4.74 Å². The summed E-state index contributed by atoms with van der Waals surface area (Å²) in [6, 6.07) is 8.21. The maximum Gasteiger partial charge on any atom is 0.268 e. The van der Waals surface area contributed by atoms with E-state index in [2.05, 4.69) is 33.8 Å². The molecular formula is C18H25N3O2. The zero-order valence-electron chi connectivity index (χ0n) is 14.0. The molecule has 0 atom stereocenters.